The minimum Gasteiger partial charge on any atom is -0.368 e. The molecule has 0 unspecified atom stereocenters. The second kappa shape index (κ2) is 34.9. The van der Waals surface area contributed by atoms with Crippen molar-refractivity contribution in [1.82, 2.24) is 57.2 Å². The molecule has 8 aromatic rings. The molecule has 4 aromatic heterocycles. The minimum absolute atomic E-state index is 0.0179. The summed E-state index contributed by atoms with van der Waals surface area (Å²) < 4.78 is 0. The fourth-order valence-electron chi connectivity index (χ4n) is 11.8. The largest absolute Gasteiger partial charge is 0.368 e. The van der Waals surface area contributed by atoms with Crippen molar-refractivity contribution in [3.8, 4) is 0 Å². The molecule has 0 fully saturated rings. The Morgan fingerprint density at radius 1 is 0.312 bits per heavy atom. The molecule has 8 atom stereocenters. The van der Waals surface area contributed by atoms with E-state index < -0.39 is 95.6 Å². The molecular formula is C68H91N17O8. The number of carbonyl (C=O) groups excluding carboxylic acids is 8. The minimum atomic E-state index is -1.38. The van der Waals surface area contributed by atoms with E-state index in [0.717, 1.165) is 49.2 Å². The number of carbonyl (C=O) groups is 8. The van der Waals surface area contributed by atoms with Gasteiger partial charge in [-0.2, -0.15) is 0 Å². The second-order valence-corrected chi connectivity index (χ2v) is 23.8. The van der Waals surface area contributed by atoms with Crippen LogP contribution in [0.2, 0.25) is 0 Å². The topological polar surface area (TPSA) is 440 Å². The number of aromatic nitrogens is 4. The van der Waals surface area contributed by atoms with Gasteiger partial charge in [-0.05, 0) is 156 Å². The van der Waals surface area contributed by atoms with Crippen molar-refractivity contribution >= 4 is 90.9 Å². The van der Waals surface area contributed by atoms with Crippen LogP contribution < -0.4 is 71.6 Å². The quantitative estimate of drug-likeness (QED) is 0.0247. The predicted octanol–water partition coefficient (Wildman–Crippen LogP) is 2.60. The maximum absolute atomic E-state index is 15.2. The average Bonchev–Trinajstić information content (AvgIpc) is 2.10. The lowest BCUT2D eigenvalue weighted by atomic mass is 10.00. The first-order valence-corrected chi connectivity index (χ1v) is 32.3. The predicted molar refractivity (Wildman–Crippen MR) is 360 cm³/mol. The number of nitrogens with one attached hydrogen (secondary N) is 11. The fourth-order valence-corrected chi connectivity index (χ4v) is 11.8. The van der Waals surface area contributed by atoms with E-state index in [0.29, 0.717) is 81.1 Å². The van der Waals surface area contributed by atoms with E-state index in [1.165, 1.54) is 0 Å². The van der Waals surface area contributed by atoms with Gasteiger partial charge in [-0.3, -0.25) is 38.4 Å². The third kappa shape index (κ3) is 19.3. The summed E-state index contributed by atoms with van der Waals surface area (Å²) in [5.41, 5.74) is 41.9. The van der Waals surface area contributed by atoms with E-state index in [1.54, 1.807) is 24.8 Å². The van der Waals surface area contributed by atoms with E-state index in [-0.39, 0.29) is 64.5 Å². The third-order valence-electron chi connectivity index (χ3n) is 17.0. The maximum Gasteiger partial charge on any atom is 0.243 e. The molecule has 0 aliphatic heterocycles. The Kier molecular flexibility index (Phi) is 26.1. The zero-order chi connectivity index (χ0) is 66.2. The molecular weight excluding hydrogens is 1180 g/mol. The van der Waals surface area contributed by atoms with Crippen LogP contribution >= 0.6 is 0 Å². The van der Waals surface area contributed by atoms with Crippen LogP contribution in [0.15, 0.2) is 122 Å². The number of fused-ring (bicyclic) bond motifs is 4. The Balaban J connectivity index is 1.06. The van der Waals surface area contributed by atoms with Gasteiger partial charge in [-0.15, -0.1) is 0 Å². The molecule has 0 aliphatic carbocycles. The van der Waals surface area contributed by atoms with E-state index in [4.69, 9.17) is 34.4 Å². The van der Waals surface area contributed by atoms with E-state index in [2.05, 4.69) is 57.2 Å². The summed E-state index contributed by atoms with van der Waals surface area (Å²) in [7, 11) is 0. The molecule has 0 saturated heterocycles. The molecule has 496 valence electrons. The normalized spacial score (nSPS) is 14.1. The van der Waals surface area contributed by atoms with Crippen molar-refractivity contribution in [3.05, 3.63) is 144 Å². The molecule has 8 rings (SSSR count). The van der Waals surface area contributed by atoms with E-state index in [1.807, 2.05) is 97.1 Å². The van der Waals surface area contributed by atoms with E-state index >= 15 is 14.4 Å². The zero-order valence-electron chi connectivity index (χ0n) is 52.5. The Bertz CT molecular complexity index is 3800. The highest BCUT2D eigenvalue weighted by atomic mass is 16.2. The lowest BCUT2D eigenvalue weighted by Gasteiger charge is -2.28. The van der Waals surface area contributed by atoms with Crippen LogP contribution in [0.3, 0.4) is 0 Å². The molecule has 25 heteroatoms. The highest BCUT2D eigenvalue weighted by Crippen LogP contribution is 2.24. The average molecular weight is 1270 g/mol. The van der Waals surface area contributed by atoms with Gasteiger partial charge < -0.3 is 91.6 Å². The Labute approximate surface area is 539 Å². The summed E-state index contributed by atoms with van der Waals surface area (Å²) in [6.07, 6.45) is 11.3. The number of aromatic amines is 4. The first kappa shape index (κ1) is 69.5. The zero-order valence-corrected chi connectivity index (χ0v) is 52.5. The van der Waals surface area contributed by atoms with Crippen LogP contribution in [0.4, 0.5) is 0 Å². The highest BCUT2D eigenvalue weighted by molar-refractivity contribution is 5.99. The smallest absolute Gasteiger partial charge is 0.243 e. The summed E-state index contributed by atoms with van der Waals surface area (Å²) in [4.78, 5) is 129. The Morgan fingerprint density at radius 2 is 0.548 bits per heavy atom. The van der Waals surface area contributed by atoms with Crippen LogP contribution in [-0.4, -0.2) is 142 Å². The van der Waals surface area contributed by atoms with Crippen molar-refractivity contribution in [2.24, 2.45) is 34.4 Å². The van der Waals surface area contributed by atoms with Gasteiger partial charge in [0.15, 0.2) is 0 Å². The maximum atomic E-state index is 15.2. The number of hydrogen-bond acceptors (Lipinski definition) is 13. The molecule has 0 saturated carbocycles. The Hall–Kier alpha value is -9.40. The summed E-state index contributed by atoms with van der Waals surface area (Å²) >= 11 is 0. The lowest BCUT2D eigenvalue weighted by Crippen LogP contribution is -2.61. The number of nitrogens with two attached hydrogens (primary N) is 6. The number of primary amides is 1. The van der Waals surface area contributed by atoms with Crippen LogP contribution in [0, 0.1) is 0 Å². The molecule has 23 N–H and O–H groups in total. The molecule has 8 amide bonds. The van der Waals surface area contributed by atoms with Crippen molar-refractivity contribution in [3.63, 3.8) is 0 Å². The number of benzene rings is 4. The van der Waals surface area contributed by atoms with Gasteiger partial charge in [0.05, 0.1) is 6.04 Å². The van der Waals surface area contributed by atoms with Gasteiger partial charge in [0.2, 0.25) is 47.3 Å². The number of amides is 8. The van der Waals surface area contributed by atoms with Crippen molar-refractivity contribution in [2.45, 2.75) is 151 Å². The Morgan fingerprint density at radius 3 is 0.839 bits per heavy atom. The number of H-pyrrole nitrogens is 4. The molecule has 0 spiro atoms. The van der Waals surface area contributed by atoms with E-state index in [9.17, 15) is 24.0 Å². The summed E-state index contributed by atoms with van der Waals surface area (Å²) in [5.74, 6) is -5.64. The molecule has 93 heavy (non-hydrogen) atoms. The summed E-state index contributed by atoms with van der Waals surface area (Å²) in [6, 6.07) is 20.2. The van der Waals surface area contributed by atoms with Gasteiger partial charge >= 0.3 is 0 Å². The van der Waals surface area contributed by atoms with Crippen molar-refractivity contribution in [2.75, 3.05) is 26.2 Å². The number of para-hydroxylation sites is 4. The molecule has 4 aromatic carbocycles. The number of unbranched alkanes of at least 4 members (excludes halogenated alkanes) is 4. The SMILES string of the molecule is NCCCC[C@H](NC(=O)[C@H](Cc1c[nH]c2ccccc12)NC(=O)[C@H](CCCCN)NC(=O)[C@H](Cc1c[nH]c2ccccc12)NC(=O)[C@H](CCCCN)NC(=O)[C@H](Cc1c[nH]c2ccccc12)NC(=O)[C@H](CCCCN)NC(=O)[C@@H](N)Cc1c[nH]c2ccccc12)C(N)=O. The van der Waals surface area contributed by atoms with Gasteiger partial charge in [-0.25, -0.2) is 0 Å². The lowest BCUT2D eigenvalue weighted by molar-refractivity contribution is -0.135. The van der Waals surface area contributed by atoms with Gasteiger partial charge in [-0.1, -0.05) is 72.8 Å². The first-order valence-electron chi connectivity index (χ1n) is 32.3. The standard InChI is InChI=1S/C68H91N17O8/c69-29-13-9-25-54(61(74)86)79-66(91)58(34-42-38-76-51-22-6-2-18-46(42)51)83-64(89)56(27-11-15-31-71)81-68(93)60(36-44-40-78-53-24-8-4-20-48(44)53)85-65(90)57(28-12-16-32-72)82-67(92)59(35-43-39-77-52-23-7-3-19-47(43)52)84-63(88)55(26-10-14-30-70)80-62(87)49(73)33-41-37-75-50-21-5-1-17-45(41)50/h1-8,17-24,37-40,49,54-60,75-78H,9-16,25-36,69-73H2,(H2,74,86)(H,79,91)(H,80,87)(H,81,93)(H,82,92)(H,83,89)(H,84,88)(H,85,90)/t49-,54-,55-,56-,57-,58-,59-,60-/m0/s1. The van der Waals surface area contributed by atoms with Gasteiger partial charge in [0.25, 0.3) is 0 Å². The van der Waals surface area contributed by atoms with Crippen molar-refractivity contribution < 1.29 is 38.4 Å². The van der Waals surface area contributed by atoms with Crippen LogP contribution in [0.25, 0.3) is 43.6 Å². The van der Waals surface area contributed by atoms with Crippen LogP contribution in [0.5, 0.6) is 0 Å². The second-order valence-electron chi connectivity index (χ2n) is 23.8. The first-order chi connectivity index (χ1) is 45.1. The molecule has 0 aliphatic rings. The fraction of sp³-hybridized carbons (Fsp3) is 0.412. The van der Waals surface area contributed by atoms with Gasteiger partial charge in [0.1, 0.15) is 42.3 Å². The van der Waals surface area contributed by atoms with Gasteiger partial charge in [0, 0.05) is 87.7 Å². The monoisotopic (exact) mass is 1270 g/mol. The summed E-state index contributed by atoms with van der Waals surface area (Å²) in [6.45, 7) is 1.26. The third-order valence-corrected chi connectivity index (χ3v) is 17.0. The molecule has 0 radical (unpaired) electrons. The van der Waals surface area contributed by atoms with Crippen LogP contribution in [0.1, 0.15) is 99.3 Å². The molecule has 0 bridgehead atoms. The highest BCUT2D eigenvalue weighted by Gasteiger charge is 2.36. The number of rotatable bonds is 39. The summed E-state index contributed by atoms with van der Waals surface area (Å²) in [5, 5.41) is 23.4. The number of hydrogen-bond donors (Lipinski definition) is 17. The van der Waals surface area contributed by atoms with Crippen LogP contribution in [-0.2, 0) is 64.0 Å². The van der Waals surface area contributed by atoms with Crippen molar-refractivity contribution in [1.29, 1.82) is 0 Å². The molecule has 25 nitrogen and oxygen atoms in total. The molecule has 4 heterocycles.